The molecule has 0 aromatic carbocycles. The van der Waals surface area contributed by atoms with Gasteiger partial charge in [0.05, 0.1) is 11.5 Å². The Morgan fingerprint density at radius 3 is 2.80 bits per heavy atom. The number of hydrogen-bond donors (Lipinski definition) is 1. The first-order valence-corrected chi connectivity index (χ1v) is 6.36. The Morgan fingerprint density at radius 2 is 2.27 bits per heavy atom. The molecule has 1 atom stereocenters. The molecule has 0 saturated carbocycles. The number of anilines is 2. The van der Waals surface area contributed by atoms with Gasteiger partial charge in [-0.25, -0.2) is 8.42 Å². The third kappa shape index (κ3) is 2.04. The summed E-state index contributed by atoms with van der Waals surface area (Å²) < 4.78 is 27.7. The Labute approximate surface area is 87.2 Å². The summed E-state index contributed by atoms with van der Waals surface area (Å²) >= 11 is 0. The highest BCUT2D eigenvalue weighted by molar-refractivity contribution is 7.91. The van der Waals surface area contributed by atoms with Gasteiger partial charge in [0.2, 0.25) is 0 Å². The second-order valence-electron chi connectivity index (χ2n) is 3.58. The van der Waals surface area contributed by atoms with Crippen molar-refractivity contribution in [2.75, 3.05) is 28.7 Å². The van der Waals surface area contributed by atoms with Crippen molar-refractivity contribution in [3.8, 4) is 0 Å². The molecule has 0 amide bonds. The fourth-order valence-electron chi connectivity index (χ4n) is 1.63. The molecular formula is C7H12N4O3S. The maximum atomic E-state index is 11.3. The molecule has 84 valence electrons. The molecule has 1 aromatic heterocycles. The molecule has 1 aromatic rings. The second-order valence-corrected chi connectivity index (χ2v) is 5.81. The molecule has 1 aliphatic heterocycles. The number of aromatic nitrogens is 2. The zero-order chi connectivity index (χ0) is 11.1. The van der Waals surface area contributed by atoms with Gasteiger partial charge in [-0.15, -0.1) is 0 Å². The van der Waals surface area contributed by atoms with E-state index in [1.54, 1.807) is 11.8 Å². The smallest absolute Gasteiger partial charge is 0.319 e. The van der Waals surface area contributed by atoms with Gasteiger partial charge in [0.25, 0.3) is 0 Å². The molecule has 0 spiro atoms. The van der Waals surface area contributed by atoms with Crippen LogP contribution in [0.4, 0.5) is 12.0 Å². The van der Waals surface area contributed by atoms with Gasteiger partial charge in [-0.2, -0.15) is 0 Å². The molecule has 0 bridgehead atoms. The first-order chi connectivity index (χ1) is 6.98. The summed E-state index contributed by atoms with van der Waals surface area (Å²) in [4.78, 5) is 1.75. The van der Waals surface area contributed by atoms with Crippen LogP contribution < -0.4 is 10.6 Å². The van der Waals surface area contributed by atoms with Gasteiger partial charge in [0, 0.05) is 12.6 Å². The quantitative estimate of drug-likeness (QED) is 0.681. The van der Waals surface area contributed by atoms with Gasteiger partial charge in [0.1, 0.15) is 0 Å². The third-order valence-electron chi connectivity index (χ3n) is 2.35. The van der Waals surface area contributed by atoms with E-state index in [9.17, 15) is 8.42 Å². The number of sulfone groups is 1. The molecule has 1 saturated heterocycles. The summed E-state index contributed by atoms with van der Waals surface area (Å²) in [7, 11) is -2.93. The normalized spacial score (nSPS) is 25.4. The summed E-state index contributed by atoms with van der Waals surface area (Å²) in [5.41, 5.74) is 5.30. The topological polar surface area (TPSA) is 102 Å². The van der Waals surface area contributed by atoms with Gasteiger partial charge in [-0.3, -0.25) is 0 Å². The van der Waals surface area contributed by atoms with Crippen molar-refractivity contribution in [1.82, 2.24) is 10.2 Å². The van der Waals surface area contributed by atoms with Gasteiger partial charge >= 0.3 is 12.0 Å². The monoisotopic (exact) mass is 232 g/mol. The van der Waals surface area contributed by atoms with Gasteiger partial charge in [0.15, 0.2) is 9.84 Å². The lowest BCUT2D eigenvalue weighted by molar-refractivity contribution is 0.513. The van der Waals surface area contributed by atoms with Crippen LogP contribution in [0.5, 0.6) is 0 Å². The van der Waals surface area contributed by atoms with E-state index in [0.717, 1.165) is 0 Å². The van der Waals surface area contributed by atoms with Crippen molar-refractivity contribution in [3.05, 3.63) is 0 Å². The molecule has 2 heterocycles. The van der Waals surface area contributed by atoms with Crippen LogP contribution in [-0.2, 0) is 9.84 Å². The highest BCUT2D eigenvalue weighted by Gasteiger charge is 2.30. The molecule has 1 fully saturated rings. The van der Waals surface area contributed by atoms with Crippen molar-refractivity contribution >= 4 is 21.9 Å². The van der Waals surface area contributed by atoms with Crippen LogP contribution in [0.3, 0.4) is 0 Å². The maximum Gasteiger partial charge on any atom is 0.319 e. The molecule has 1 unspecified atom stereocenters. The highest BCUT2D eigenvalue weighted by Crippen LogP contribution is 2.20. The molecule has 1 aliphatic rings. The fraction of sp³-hybridized carbons (Fsp3) is 0.714. The predicted molar refractivity (Wildman–Crippen MR) is 54.2 cm³/mol. The Morgan fingerprint density at radius 1 is 1.53 bits per heavy atom. The summed E-state index contributed by atoms with van der Waals surface area (Å²) in [5.74, 6) is 0.217. The number of nitrogens with zero attached hydrogens (tertiary/aromatic N) is 3. The first kappa shape index (κ1) is 10.2. The van der Waals surface area contributed by atoms with E-state index in [1.807, 2.05) is 0 Å². The van der Waals surface area contributed by atoms with Gasteiger partial charge in [-0.1, -0.05) is 10.2 Å². The van der Waals surface area contributed by atoms with Gasteiger partial charge in [-0.05, 0) is 6.92 Å². The Balaban J connectivity index is 2.19. The molecule has 7 nitrogen and oxygen atoms in total. The minimum Gasteiger partial charge on any atom is -0.390 e. The highest BCUT2D eigenvalue weighted by atomic mass is 32.2. The standard InChI is InChI=1S/C7H12N4O3S/c1-5-4-15(12,13)3-2-11(5)7-10-9-6(8)14-7/h5H,2-4H2,1H3,(H2,8,9). The molecule has 2 rings (SSSR count). The van der Waals surface area contributed by atoms with Gasteiger partial charge < -0.3 is 15.1 Å². The summed E-state index contributed by atoms with van der Waals surface area (Å²) in [6, 6.07) is 0.115. The minimum atomic E-state index is -2.93. The Kier molecular flexibility index (Phi) is 2.29. The molecule has 0 aliphatic carbocycles. The summed E-state index contributed by atoms with van der Waals surface area (Å²) in [5, 5.41) is 7.26. The fourth-order valence-corrected chi connectivity index (χ4v) is 3.18. The Hall–Kier alpha value is -1.31. The van der Waals surface area contributed by atoms with Crippen LogP contribution >= 0.6 is 0 Å². The van der Waals surface area contributed by atoms with Crippen molar-refractivity contribution in [1.29, 1.82) is 0 Å². The van der Waals surface area contributed by atoms with Crippen molar-refractivity contribution in [3.63, 3.8) is 0 Å². The van der Waals surface area contributed by atoms with E-state index in [0.29, 0.717) is 6.54 Å². The maximum absolute atomic E-state index is 11.3. The van der Waals surface area contributed by atoms with E-state index in [1.165, 1.54) is 0 Å². The number of nitrogen functional groups attached to an aromatic ring is 1. The molecule has 2 N–H and O–H groups in total. The molecule has 8 heteroatoms. The van der Waals surface area contributed by atoms with Crippen LogP contribution in [0.15, 0.2) is 4.42 Å². The van der Waals surface area contributed by atoms with Crippen molar-refractivity contribution in [2.24, 2.45) is 0 Å². The zero-order valence-corrected chi connectivity index (χ0v) is 9.07. The van der Waals surface area contributed by atoms with E-state index >= 15 is 0 Å². The van der Waals surface area contributed by atoms with Crippen molar-refractivity contribution in [2.45, 2.75) is 13.0 Å². The molecule has 15 heavy (non-hydrogen) atoms. The van der Waals surface area contributed by atoms with Crippen LogP contribution in [0.1, 0.15) is 6.92 Å². The van der Waals surface area contributed by atoms with Crippen LogP contribution in [-0.4, -0.2) is 42.7 Å². The second kappa shape index (κ2) is 3.37. The van der Waals surface area contributed by atoms with Crippen molar-refractivity contribution < 1.29 is 12.8 Å². The lowest BCUT2D eigenvalue weighted by Gasteiger charge is -2.31. The number of hydrogen-bond acceptors (Lipinski definition) is 7. The van der Waals surface area contributed by atoms with Crippen LogP contribution in [0, 0.1) is 0 Å². The van der Waals surface area contributed by atoms with E-state index in [-0.39, 0.29) is 29.6 Å². The molecular weight excluding hydrogens is 220 g/mol. The Bertz CT molecular complexity index is 455. The summed E-state index contributed by atoms with van der Waals surface area (Å²) in [6.45, 7) is 2.17. The lowest BCUT2D eigenvalue weighted by atomic mass is 10.3. The van der Waals surface area contributed by atoms with Crippen LogP contribution in [0.2, 0.25) is 0 Å². The lowest BCUT2D eigenvalue weighted by Crippen LogP contribution is -2.47. The first-order valence-electron chi connectivity index (χ1n) is 4.54. The summed E-state index contributed by atoms with van der Waals surface area (Å²) in [6.07, 6.45) is 0. The zero-order valence-electron chi connectivity index (χ0n) is 8.25. The number of rotatable bonds is 1. The minimum absolute atomic E-state index is 0.00868. The van der Waals surface area contributed by atoms with E-state index in [2.05, 4.69) is 10.2 Å². The predicted octanol–water partition coefficient (Wildman–Crippen LogP) is -0.725. The van der Waals surface area contributed by atoms with E-state index < -0.39 is 9.84 Å². The third-order valence-corrected chi connectivity index (χ3v) is 4.14. The largest absolute Gasteiger partial charge is 0.390 e. The van der Waals surface area contributed by atoms with E-state index in [4.69, 9.17) is 10.2 Å². The average molecular weight is 232 g/mol. The average Bonchev–Trinajstić information content (AvgIpc) is 2.50. The van der Waals surface area contributed by atoms with Crippen LogP contribution in [0.25, 0.3) is 0 Å². The SMILES string of the molecule is CC1CS(=O)(=O)CCN1c1nnc(N)o1. The molecule has 0 radical (unpaired) electrons. The number of nitrogens with two attached hydrogens (primary N) is 1.